The molecule has 4 heteroatoms. The van der Waals surface area contributed by atoms with E-state index in [1.807, 2.05) is 30.3 Å². The molecule has 94 valence electrons. The summed E-state index contributed by atoms with van der Waals surface area (Å²) in [4.78, 5) is 27.4. The molecule has 1 aromatic rings. The number of carbonyl (C=O) groups excluding carboxylic acids is 2. The minimum absolute atomic E-state index is 0.00198. The van der Waals surface area contributed by atoms with Crippen molar-refractivity contribution in [3.8, 4) is 0 Å². The summed E-state index contributed by atoms with van der Waals surface area (Å²) in [5, 5.41) is 0. The van der Waals surface area contributed by atoms with Crippen molar-refractivity contribution in [3.05, 3.63) is 35.9 Å². The maximum atomic E-state index is 11.9. The second-order valence-electron chi connectivity index (χ2n) is 4.46. The van der Waals surface area contributed by atoms with Crippen LogP contribution in [0.25, 0.3) is 0 Å². The summed E-state index contributed by atoms with van der Waals surface area (Å²) in [5.41, 5.74) is 6.65. The Balaban J connectivity index is 2.00. The number of nitrogens with zero attached hydrogens (tertiary/aromatic N) is 1. The van der Waals surface area contributed by atoms with Crippen molar-refractivity contribution < 1.29 is 9.59 Å². The number of Topliss-reactive ketones (excluding diaryl/α,β-unsaturated/α-hetero) is 2. The smallest absolute Gasteiger partial charge is 0.207 e. The summed E-state index contributed by atoms with van der Waals surface area (Å²) >= 11 is 0. The van der Waals surface area contributed by atoms with E-state index in [4.69, 9.17) is 5.73 Å². The first-order valence-corrected chi connectivity index (χ1v) is 6.09. The maximum absolute atomic E-state index is 11.9. The summed E-state index contributed by atoms with van der Waals surface area (Å²) in [7, 11) is 0. The van der Waals surface area contributed by atoms with Gasteiger partial charge in [-0.3, -0.25) is 14.6 Å². The van der Waals surface area contributed by atoms with E-state index in [0.717, 1.165) is 12.0 Å². The second kappa shape index (κ2) is 5.58. The van der Waals surface area contributed by atoms with Gasteiger partial charge in [0.2, 0.25) is 5.78 Å². The molecule has 1 aromatic carbocycles. The Morgan fingerprint density at radius 2 is 2.06 bits per heavy atom. The minimum atomic E-state index is -0.551. The van der Waals surface area contributed by atoms with Crippen molar-refractivity contribution in [2.75, 3.05) is 0 Å². The van der Waals surface area contributed by atoms with Gasteiger partial charge >= 0.3 is 0 Å². The molecule has 0 aliphatic heterocycles. The molecule has 0 aromatic heterocycles. The van der Waals surface area contributed by atoms with Gasteiger partial charge in [0.1, 0.15) is 5.78 Å². The van der Waals surface area contributed by atoms with Crippen LogP contribution in [0.2, 0.25) is 0 Å². The molecule has 0 radical (unpaired) electrons. The Morgan fingerprint density at radius 3 is 2.67 bits per heavy atom. The van der Waals surface area contributed by atoms with Crippen LogP contribution in [-0.4, -0.2) is 17.4 Å². The maximum Gasteiger partial charge on any atom is 0.207 e. The molecule has 18 heavy (non-hydrogen) atoms. The summed E-state index contributed by atoms with van der Waals surface area (Å²) in [5.74, 6) is -0.894. The Kier molecular flexibility index (Phi) is 3.87. The van der Waals surface area contributed by atoms with E-state index >= 15 is 0 Å². The zero-order valence-corrected chi connectivity index (χ0v) is 10.1. The predicted molar refractivity (Wildman–Crippen MR) is 69.1 cm³/mol. The third-order valence-corrected chi connectivity index (χ3v) is 3.15. The lowest BCUT2D eigenvalue weighted by molar-refractivity contribution is -0.127. The number of benzene rings is 1. The van der Waals surface area contributed by atoms with Crippen LogP contribution >= 0.6 is 0 Å². The lowest BCUT2D eigenvalue weighted by Crippen LogP contribution is -2.32. The summed E-state index contributed by atoms with van der Waals surface area (Å²) in [6.45, 7) is 0.374. The van der Waals surface area contributed by atoms with Crippen LogP contribution in [0.15, 0.2) is 35.3 Å². The van der Waals surface area contributed by atoms with E-state index in [9.17, 15) is 9.59 Å². The molecule has 1 fully saturated rings. The van der Waals surface area contributed by atoms with Crippen LogP contribution < -0.4 is 5.73 Å². The molecule has 0 bridgehead atoms. The molecule has 1 atom stereocenters. The minimum Gasteiger partial charge on any atom is -0.381 e. The summed E-state index contributed by atoms with van der Waals surface area (Å²) in [6, 6.07) is 9.57. The molecule has 0 spiro atoms. The summed E-state index contributed by atoms with van der Waals surface area (Å²) in [6.07, 6.45) is 1.88. The highest BCUT2D eigenvalue weighted by molar-refractivity contribution is 6.42. The van der Waals surface area contributed by atoms with Gasteiger partial charge < -0.3 is 5.73 Å². The number of rotatable bonds is 4. The average Bonchev–Trinajstić information content (AvgIpc) is 2.82. The number of aliphatic imine (C=N–C) groups is 1. The van der Waals surface area contributed by atoms with Crippen LogP contribution in [0.4, 0.5) is 0 Å². The highest BCUT2D eigenvalue weighted by atomic mass is 16.2. The number of hydrogen-bond acceptors (Lipinski definition) is 3. The fourth-order valence-electron chi connectivity index (χ4n) is 2.11. The van der Waals surface area contributed by atoms with Gasteiger partial charge in [-0.1, -0.05) is 30.3 Å². The molecule has 1 aliphatic rings. The number of hydrogen-bond donors (Lipinski definition) is 1. The number of carbonyl (C=O) groups is 2. The normalized spacial score (nSPS) is 20.1. The van der Waals surface area contributed by atoms with E-state index < -0.39 is 5.92 Å². The van der Waals surface area contributed by atoms with Gasteiger partial charge in [-0.25, -0.2) is 0 Å². The molecular formula is C14H16N2O2. The molecule has 1 unspecified atom stereocenters. The van der Waals surface area contributed by atoms with Crippen LogP contribution in [0.1, 0.15) is 24.8 Å². The van der Waals surface area contributed by atoms with E-state index in [2.05, 4.69) is 4.99 Å². The number of amidine groups is 1. The molecule has 0 amide bonds. The molecule has 4 nitrogen and oxygen atoms in total. The first-order chi connectivity index (χ1) is 8.68. The third kappa shape index (κ3) is 2.83. The Labute approximate surface area is 106 Å². The van der Waals surface area contributed by atoms with Crippen molar-refractivity contribution in [2.24, 2.45) is 16.6 Å². The standard InChI is InChI=1S/C14H16N2O2/c15-14(13(18)11-7-4-8-12(11)17)16-9-10-5-2-1-3-6-10/h1-3,5-6,11H,4,7-9H2,(H2,15,16). The van der Waals surface area contributed by atoms with Crippen molar-refractivity contribution in [1.82, 2.24) is 0 Å². The SMILES string of the molecule is NC(=NCc1ccccc1)C(=O)C1CCCC1=O. The largest absolute Gasteiger partial charge is 0.381 e. The Morgan fingerprint density at radius 1 is 1.33 bits per heavy atom. The molecule has 1 saturated carbocycles. The molecule has 0 saturated heterocycles. The molecule has 1 aliphatic carbocycles. The van der Waals surface area contributed by atoms with Crippen LogP contribution in [0.3, 0.4) is 0 Å². The molecule has 2 N–H and O–H groups in total. The third-order valence-electron chi connectivity index (χ3n) is 3.15. The van der Waals surface area contributed by atoms with Gasteiger partial charge in [0, 0.05) is 6.42 Å². The zero-order valence-electron chi connectivity index (χ0n) is 10.1. The molecule has 0 heterocycles. The average molecular weight is 244 g/mol. The lowest BCUT2D eigenvalue weighted by Gasteiger charge is -2.06. The first kappa shape index (κ1) is 12.5. The fraction of sp³-hybridized carbons (Fsp3) is 0.357. The van der Waals surface area contributed by atoms with Crippen molar-refractivity contribution in [3.63, 3.8) is 0 Å². The van der Waals surface area contributed by atoms with Crippen LogP contribution in [0.5, 0.6) is 0 Å². The lowest BCUT2D eigenvalue weighted by atomic mass is 10.0. The van der Waals surface area contributed by atoms with Gasteiger partial charge in [-0.05, 0) is 18.4 Å². The van der Waals surface area contributed by atoms with Gasteiger partial charge in [-0.15, -0.1) is 0 Å². The Hall–Kier alpha value is -1.97. The molecular weight excluding hydrogens is 228 g/mol. The summed E-state index contributed by atoms with van der Waals surface area (Å²) < 4.78 is 0. The van der Waals surface area contributed by atoms with Gasteiger partial charge in [0.05, 0.1) is 12.5 Å². The highest BCUT2D eigenvalue weighted by Crippen LogP contribution is 2.22. The van der Waals surface area contributed by atoms with Gasteiger partial charge in [-0.2, -0.15) is 0 Å². The quantitative estimate of drug-likeness (QED) is 0.495. The van der Waals surface area contributed by atoms with Gasteiger partial charge in [0.25, 0.3) is 0 Å². The fourth-order valence-corrected chi connectivity index (χ4v) is 2.11. The highest BCUT2D eigenvalue weighted by Gasteiger charge is 2.32. The zero-order chi connectivity index (χ0) is 13.0. The number of ketones is 2. The number of nitrogens with two attached hydrogens (primary N) is 1. The van der Waals surface area contributed by atoms with Crippen LogP contribution in [-0.2, 0) is 16.1 Å². The first-order valence-electron chi connectivity index (χ1n) is 6.09. The monoisotopic (exact) mass is 244 g/mol. The second-order valence-corrected chi connectivity index (χ2v) is 4.46. The van der Waals surface area contributed by atoms with E-state index in [-0.39, 0.29) is 17.4 Å². The molecule has 2 rings (SSSR count). The van der Waals surface area contributed by atoms with Crippen LogP contribution in [0, 0.1) is 5.92 Å². The topological polar surface area (TPSA) is 72.5 Å². The van der Waals surface area contributed by atoms with Gasteiger partial charge in [0.15, 0.2) is 5.84 Å². The van der Waals surface area contributed by atoms with Crippen molar-refractivity contribution >= 4 is 17.4 Å². The van der Waals surface area contributed by atoms with E-state index in [1.54, 1.807) is 0 Å². The van der Waals surface area contributed by atoms with Crippen molar-refractivity contribution in [2.45, 2.75) is 25.8 Å². The Bertz CT molecular complexity index is 480. The predicted octanol–water partition coefficient (Wildman–Crippen LogP) is 1.48. The van der Waals surface area contributed by atoms with Crippen molar-refractivity contribution in [1.29, 1.82) is 0 Å². The van der Waals surface area contributed by atoms with E-state index in [1.165, 1.54) is 0 Å². The van der Waals surface area contributed by atoms with E-state index in [0.29, 0.717) is 19.4 Å².